The second-order valence-electron chi connectivity index (χ2n) is 32.4. The fourth-order valence-electron chi connectivity index (χ4n) is 13.2. The standard InChI is InChI=1S/C88H168O17P2/c1-8-9-10-11-12-13-14-15-24-31-36-41-48-55-62-69-85(90)98-75-83(104-87(92)71-64-57-49-42-37-32-27-22-18-16-20-25-29-34-39-45-52-59-66-79(2)3)77-102-106(94,95)100-73-82(89)74-101-107(96,97)103-78-84(76-99-86(91)70-63-56-51-44-47-54-61-68-81(6)7)105-88(93)72-65-58-50-43-38-33-28-23-19-17-21-26-30-35-40-46-53-60-67-80(4)5/h13-15,24,79-84,89H,8-12,16-23,25-78H2,1-7H3,(H,94,95)(H,96,97)/b14-13-,24-15-/t82?,83-,84-/m1/s1. The minimum atomic E-state index is -4.97. The first kappa shape index (κ1) is 105. The summed E-state index contributed by atoms with van der Waals surface area (Å²) < 4.78 is 68.9. The second kappa shape index (κ2) is 77.5. The lowest BCUT2D eigenvalue weighted by molar-refractivity contribution is -0.161. The van der Waals surface area contributed by atoms with Crippen LogP contribution in [-0.2, 0) is 65.4 Å². The zero-order chi connectivity index (χ0) is 78.6. The van der Waals surface area contributed by atoms with Crippen LogP contribution in [0, 0.1) is 17.8 Å². The van der Waals surface area contributed by atoms with Gasteiger partial charge in [0, 0.05) is 25.7 Å². The van der Waals surface area contributed by atoms with Gasteiger partial charge in [-0.2, -0.15) is 0 Å². The van der Waals surface area contributed by atoms with E-state index in [2.05, 4.69) is 72.8 Å². The molecule has 107 heavy (non-hydrogen) atoms. The molecule has 632 valence electrons. The molecule has 0 aromatic heterocycles. The van der Waals surface area contributed by atoms with Gasteiger partial charge in [-0.1, -0.05) is 387 Å². The van der Waals surface area contributed by atoms with E-state index in [0.717, 1.165) is 127 Å². The van der Waals surface area contributed by atoms with Crippen LogP contribution in [0.4, 0.5) is 0 Å². The van der Waals surface area contributed by atoms with Crippen molar-refractivity contribution in [3.05, 3.63) is 24.3 Å². The van der Waals surface area contributed by atoms with Gasteiger partial charge in [0.2, 0.25) is 0 Å². The number of rotatable bonds is 84. The second-order valence-corrected chi connectivity index (χ2v) is 35.3. The maximum absolute atomic E-state index is 13.1. The van der Waals surface area contributed by atoms with Crippen molar-refractivity contribution in [1.29, 1.82) is 0 Å². The van der Waals surface area contributed by atoms with Crippen LogP contribution >= 0.6 is 15.6 Å². The summed E-state index contributed by atoms with van der Waals surface area (Å²) in [6.45, 7) is 11.9. The Morgan fingerprint density at radius 2 is 0.505 bits per heavy atom. The molecule has 0 saturated heterocycles. The summed E-state index contributed by atoms with van der Waals surface area (Å²) >= 11 is 0. The smallest absolute Gasteiger partial charge is 0.462 e. The molecule has 3 N–H and O–H groups in total. The summed E-state index contributed by atoms with van der Waals surface area (Å²) in [6, 6.07) is 0. The van der Waals surface area contributed by atoms with Gasteiger partial charge in [0.05, 0.1) is 26.4 Å². The Labute approximate surface area is 656 Å². The van der Waals surface area contributed by atoms with Crippen molar-refractivity contribution >= 4 is 39.5 Å². The Balaban J connectivity index is 5.23. The van der Waals surface area contributed by atoms with Crippen LogP contribution < -0.4 is 0 Å². The van der Waals surface area contributed by atoms with Crippen molar-refractivity contribution in [3.63, 3.8) is 0 Å². The fourth-order valence-corrected chi connectivity index (χ4v) is 14.8. The molecular weight excluding hydrogens is 1390 g/mol. The van der Waals surface area contributed by atoms with Crippen LogP contribution in [0.5, 0.6) is 0 Å². The van der Waals surface area contributed by atoms with Crippen molar-refractivity contribution in [1.82, 2.24) is 0 Å². The number of allylic oxidation sites excluding steroid dienone is 4. The van der Waals surface area contributed by atoms with E-state index in [1.165, 1.54) is 225 Å². The molecule has 0 radical (unpaired) electrons. The molecule has 5 atom stereocenters. The minimum Gasteiger partial charge on any atom is -0.462 e. The van der Waals surface area contributed by atoms with Crippen LogP contribution in [0.25, 0.3) is 0 Å². The highest BCUT2D eigenvalue weighted by molar-refractivity contribution is 7.47. The van der Waals surface area contributed by atoms with E-state index in [1.807, 2.05) is 0 Å². The van der Waals surface area contributed by atoms with Gasteiger partial charge >= 0.3 is 39.5 Å². The average Bonchev–Trinajstić information content (AvgIpc) is 0.905. The highest BCUT2D eigenvalue weighted by Crippen LogP contribution is 2.45. The molecular formula is C88H168O17P2. The highest BCUT2D eigenvalue weighted by atomic mass is 31.2. The van der Waals surface area contributed by atoms with Crippen LogP contribution in [0.3, 0.4) is 0 Å². The molecule has 0 aliphatic heterocycles. The molecule has 0 bridgehead atoms. The summed E-state index contributed by atoms with van der Waals surface area (Å²) in [5, 5.41) is 10.7. The van der Waals surface area contributed by atoms with Crippen molar-refractivity contribution in [2.75, 3.05) is 39.6 Å². The third kappa shape index (κ3) is 81.4. The number of phosphoric acid groups is 2. The van der Waals surface area contributed by atoms with E-state index < -0.39 is 97.5 Å². The van der Waals surface area contributed by atoms with E-state index >= 15 is 0 Å². The summed E-state index contributed by atoms with van der Waals surface area (Å²) in [5.74, 6) is 0.207. The minimum absolute atomic E-state index is 0.101. The molecule has 17 nitrogen and oxygen atoms in total. The maximum atomic E-state index is 13.1. The summed E-state index contributed by atoms with van der Waals surface area (Å²) in [5.41, 5.74) is 0. The molecule has 0 aliphatic carbocycles. The van der Waals surface area contributed by atoms with Crippen molar-refractivity contribution in [3.8, 4) is 0 Å². The van der Waals surface area contributed by atoms with Gasteiger partial charge in [0.15, 0.2) is 12.2 Å². The largest absolute Gasteiger partial charge is 0.472 e. The van der Waals surface area contributed by atoms with E-state index in [0.29, 0.717) is 31.6 Å². The average molecular weight is 1560 g/mol. The normalized spacial score (nSPS) is 14.0. The zero-order valence-corrected chi connectivity index (χ0v) is 71.9. The molecule has 0 aromatic carbocycles. The Morgan fingerprint density at radius 1 is 0.290 bits per heavy atom. The third-order valence-electron chi connectivity index (χ3n) is 20.0. The first-order chi connectivity index (χ1) is 51.7. The molecule has 0 rings (SSSR count). The molecule has 3 unspecified atom stereocenters. The van der Waals surface area contributed by atoms with Gasteiger partial charge in [-0.05, 0) is 69.1 Å². The molecule has 19 heteroatoms. The zero-order valence-electron chi connectivity index (χ0n) is 70.1. The Bertz CT molecular complexity index is 2160. The van der Waals surface area contributed by atoms with Gasteiger partial charge in [-0.3, -0.25) is 37.3 Å². The fraction of sp³-hybridized carbons (Fsp3) is 0.909. The lowest BCUT2D eigenvalue weighted by atomic mass is 10.0. The number of ether oxygens (including phenoxy) is 4. The SMILES string of the molecule is CCCCCC/C=C\C=C/CCCCCCCC(=O)OC[C@H](COP(=O)(O)OCC(O)COP(=O)(O)OC[C@@H](COC(=O)CCCCCCCCCC(C)C)OC(=O)CCCCCCCCCCCCCCCCCCCCC(C)C)OC(=O)CCCCCCCCCCCCCCCCCCCCC(C)C. The Morgan fingerprint density at radius 3 is 0.757 bits per heavy atom. The highest BCUT2D eigenvalue weighted by Gasteiger charge is 2.30. The quantitative estimate of drug-likeness (QED) is 0.0169. The molecule has 0 fully saturated rings. The van der Waals surface area contributed by atoms with E-state index in [-0.39, 0.29) is 25.7 Å². The van der Waals surface area contributed by atoms with E-state index in [4.69, 9.17) is 37.0 Å². The number of aliphatic hydroxyl groups excluding tert-OH is 1. The molecule has 0 aromatic rings. The lowest BCUT2D eigenvalue weighted by Gasteiger charge is -2.21. The molecule has 0 aliphatic rings. The van der Waals surface area contributed by atoms with Crippen molar-refractivity contribution in [2.24, 2.45) is 17.8 Å². The van der Waals surface area contributed by atoms with Crippen LogP contribution in [0.15, 0.2) is 24.3 Å². The molecule has 0 amide bonds. The first-order valence-electron chi connectivity index (χ1n) is 44.7. The number of aliphatic hydroxyl groups is 1. The number of phosphoric ester groups is 2. The van der Waals surface area contributed by atoms with Gasteiger partial charge in [-0.25, -0.2) is 9.13 Å². The van der Waals surface area contributed by atoms with E-state index in [9.17, 15) is 43.2 Å². The van der Waals surface area contributed by atoms with Crippen LogP contribution in [0.2, 0.25) is 0 Å². The number of carbonyl (C=O) groups is 4. The Kier molecular flexibility index (Phi) is 75.7. The maximum Gasteiger partial charge on any atom is 0.472 e. The lowest BCUT2D eigenvalue weighted by Crippen LogP contribution is -2.30. The summed E-state index contributed by atoms with van der Waals surface area (Å²) in [6.07, 6.45) is 71.8. The van der Waals surface area contributed by atoms with Crippen molar-refractivity contribution < 1.29 is 80.2 Å². The summed E-state index contributed by atoms with van der Waals surface area (Å²) in [4.78, 5) is 73.2. The predicted octanol–water partition coefficient (Wildman–Crippen LogP) is 26.4. The number of hydrogen-bond acceptors (Lipinski definition) is 15. The van der Waals surface area contributed by atoms with Crippen LogP contribution in [0.1, 0.15) is 440 Å². The number of hydrogen-bond donors (Lipinski definition) is 3. The summed E-state index contributed by atoms with van der Waals surface area (Å²) in [7, 11) is -9.94. The number of carbonyl (C=O) groups excluding carboxylic acids is 4. The number of esters is 4. The molecule has 0 spiro atoms. The van der Waals surface area contributed by atoms with Gasteiger partial charge in [0.1, 0.15) is 19.3 Å². The number of unbranched alkanes of at least 4 members (excludes halogenated alkanes) is 49. The molecule has 0 heterocycles. The third-order valence-corrected chi connectivity index (χ3v) is 21.9. The van der Waals surface area contributed by atoms with E-state index in [1.54, 1.807) is 0 Å². The van der Waals surface area contributed by atoms with Gasteiger partial charge in [0.25, 0.3) is 0 Å². The predicted molar refractivity (Wildman–Crippen MR) is 441 cm³/mol. The molecule has 0 saturated carbocycles. The van der Waals surface area contributed by atoms with Gasteiger partial charge in [-0.15, -0.1) is 0 Å². The Hall–Kier alpha value is -2.46. The van der Waals surface area contributed by atoms with Gasteiger partial charge < -0.3 is 33.8 Å². The first-order valence-corrected chi connectivity index (χ1v) is 47.7. The topological polar surface area (TPSA) is 237 Å². The van der Waals surface area contributed by atoms with Crippen LogP contribution in [-0.4, -0.2) is 96.7 Å². The van der Waals surface area contributed by atoms with Crippen molar-refractivity contribution in [2.45, 2.75) is 458 Å². The monoisotopic (exact) mass is 1560 g/mol.